The van der Waals surface area contributed by atoms with Gasteiger partial charge in [0.1, 0.15) is 11.1 Å². The van der Waals surface area contributed by atoms with E-state index in [0.29, 0.717) is 10.9 Å². The summed E-state index contributed by atoms with van der Waals surface area (Å²) in [7, 11) is 1.52. The molecule has 2 atom stereocenters. The molecule has 3 rings (SSSR count). The highest BCUT2D eigenvalue weighted by molar-refractivity contribution is 8.15. The topological polar surface area (TPSA) is 114 Å². The van der Waals surface area contributed by atoms with E-state index in [0.717, 1.165) is 11.8 Å². The summed E-state index contributed by atoms with van der Waals surface area (Å²) >= 11 is 1.14. The molecule has 2 amide bonds. The number of nitro benzene ring substituents is 1. The molecule has 168 valence electrons. The Morgan fingerprint density at radius 1 is 1.34 bits per heavy atom. The maximum Gasteiger partial charge on any atom is 0.271 e. The van der Waals surface area contributed by atoms with Crippen LogP contribution in [0.25, 0.3) is 0 Å². The van der Waals surface area contributed by atoms with Crippen LogP contribution >= 0.6 is 11.8 Å². The van der Waals surface area contributed by atoms with Crippen molar-refractivity contribution in [3.63, 3.8) is 0 Å². The lowest BCUT2D eigenvalue weighted by Gasteiger charge is -2.23. The van der Waals surface area contributed by atoms with Crippen LogP contribution in [0.4, 0.5) is 21.5 Å². The first-order chi connectivity index (χ1) is 15.3. The molecule has 32 heavy (non-hydrogen) atoms. The summed E-state index contributed by atoms with van der Waals surface area (Å²) in [6.07, 6.45) is -0.148. The number of benzene rings is 2. The number of ether oxygens (including phenoxy) is 1. The standard InChI is InChI=1S/C21H21FN4O5S/c1-13(12-31-2)25-20(28)18(32-21(25)24-15-8-6-14(22)7-9-15)11-19(27)23-16-4-3-5-17(10-16)26(29)30/h3-10,13,18H,11-12H2,1-2H3,(H,23,27)/t13-,18-/m0/s1. The first-order valence-corrected chi connectivity index (χ1v) is 10.5. The number of carbonyl (C=O) groups excluding carboxylic acids is 2. The van der Waals surface area contributed by atoms with E-state index in [1.54, 1.807) is 6.92 Å². The van der Waals surface area contributed by atoms with Crippen LogP contribution in [0.1, 0.15) is 13.3 Å². The predicted octanol–water partition coefficient (Wildman–Crippen LogP) is 3.73. The van der Waals surface area contributed by atoms with Crippen LogP contribution in [0, 0.1) is 15.9 Å². The maximum absolute atomic E-state index is 13.2. The van der Waals surface area contributed by atoms with Crippen molar-refractivity contribution in [2.45, 2.75) is 24.6 Å². The molecular weight excluding hydrogens is 439 g/mol. The average molecular weight is 460 g/mol. The number of aliphatic imine (C=N–C) groups is 1. The number of rotatable bonds is 8. The summed E-state index contributed by atoms with van der Waals surface area (Å²) in [6.45, 7) is 2.06. The summed E-state index contributed by atoms with van der Waals surface area (Å²) in [6, 6.07) is 10.8. The number of amidine groups is 1. The van der Waals surface area contributed by atoms with E-state index in [9.17, 15) is 24.1 Å². The van der Waals surface area contributed by atoms with Crippen molar-refractivity contribution < 1.29 is 23.6 Å². The summed E-state index contributed by atoms with van der Waals surface area (Å²) < 4.78 is 18.4. The molecule has 1 N–H and O–H groups in total. The summed E-state index contributed by atoms with van der Waals surface area (Å²) in [5.41, 5.74) is 0.588. The van der Waals surface area contributed by atoms with Crippen LogP contribution in [0.2, 0.25) is 0 Å². The van der Waals surface area contributed by atoms with Gasteiger partial charge in [-0.25, -0.2) is 9.38 Å². The number of halogens is 1. The average Bonchev–Trinajstić information content (AvgIpc) is 3.04. The quantitative estimate of drug-likeness (QED) is 0.474. The van der Waals surface area contributed by atoms with Crippen LogP contribution < -0.4 is 5.32 Å². The van der Waals surface area contributed by atoms with Crippen LogP contribution in [-0.4, -0.2) is 51.8 Å². The molecule has 1 heterocycles. The number of anilines is 1. The third-order valence-corrected chi connectivity index (χ3v) is 5.73. The molecule has 0 saturated carbocycles. The highest BCUT2D eigenvalue weighted by Crippen LogP contribution is 2.33. The molecule has 0 bridgehead atoms. The Balaban J connectivity index is 1.77. The Morgan fingerprint density at radius 2 is 2.06 bits per heavy atom. The van der Waals surface area contributed by atoms with Gasteiger partial charge in [0.2, 0.25) is 11.8 Å². The van der Waals surface area contributed by atoms with E-state index < -0.39 is 21.9 Å². The van der Waals surface area contributed by atoms with Crippen molar-refractivity contribution in [3.05, 3.63) is 64.5 Å². The van der Waals surface area contributed by atoms with Gasteiger partial charge >= 0.3 is 0 Å². The van der Waals surface area contributed by atoms with Gasteiger partial charge in [-0.2, -0.15) is 0 Å². The van der Waals surface area contributed by atoms with Crippen molar-refractivity contribution >= 4 is 45.8 Å². The number of hydrogen-bond donors (Lipinski definition) is 1. The van der Waals surface area contributed by atoms with Gasteiger partial charge in [-0.15, -0.1) is 0 Å². The fourth-order valence-corrected chi connectivity index (χ4v) is 4.36. The molecule has 11 heteroatoms. The van der Waals surface area contributed by atoms with Gasteiger partial charge in [-0.1, -0.05) is 17.8 Å². The first kappa shape index (κ1) is 23.4. The number of amides is 2. The Bertz CT molecular complexity index is 1050. The number of methoxy groups -OCH3 is 1. The van der Waals surface area contributed by atoms with E-state index in [2.05, 4.69) is 10.3 Å². The highest BCUT2D eigenvalue weighted by Gasteiger charge is 2.41. The van der Waals surface area contributed by atoms with Gasteiger partial charge in [0.05, 0.1) is 23.3 Å². The minimum absolute atomic E-state index is 0.148. The zero-order valence-corrected chi connectivity index (χ0v) is 18.2. The molecule has 1 fully saturated rings. The van der Waals surface area contributed by atoms with Gasteiger partial charge in [-0.3, -0.25) is 24.6 Å². The predicted molar refractivity (Wildman–Crippen MR) is 119 cm³/mol. The zero-order chi connectivity index (χ0) is 23.3. The Morgan fingerprint density at radius 3 is 2.72 bits per heavy atom. The van der Waals surface area contributed by atoms with Gasteiger partial charge in [0.15, 0.2) is 5.17 Å². The number of nitrogens with one attached hydrogen (secondary N) is 1. The summed E-state index contributed by atoms with van der Waals surface area (Å²) in [4.78, 5) is 41.9. The van der Waals surface area contributed by atoms with Crippen LogP contribution in [-0.2, 0) is 14.3 Å². The summed E-state index contributed by atoms with van der Waals surface area (Å²) in [5.74, 6) is -1.15. The van der Waals surface area contributed by atoms with Gasteiger partial charge in [0, 0.05) is 31.4 Å². The van der Waals surface area contributed by atoms with Crippen LogP contribution in [0.5, 0.6) is 0 Å². The minimum atomic E-state index is -0.729. The van der Waals surface area contributed by atoms with Gasteiger partial charge in [0.25, 0.3) is 5.69 Å². The Labute approximate surface area is 187 Å². The second-order valence-corrected chi connectivity index (χ2v) is 8.22. The molecule has 0 aromatic heterocycles. The van der Waals surface area contributed by atoms with Gasteiger partial charge < -0.3 is 10.1 Å². The van der Waals surface area contributed by atoms with Crippen molar-refractivity contribution in [3.8, 4) is 0 Å². The van der Waals surface area contributed by atoms with E-state index in [1.165, 1.54) is 60.5 Å². The number of carbonyl (C=O) groups is 2. The lowest BCUT2D eigenvalue weighted by Crippen LogP contribution is -2.42. The Kier molecular flexibility index (Phi) is 7.54. The van der Waals surface area contributed by atoms with E-state index in [1.807, 2.05) is 0 Å². The number of non-ortho nitro benzene ring substituents is 1. The van der Waals surface area contributed by atoms with Crippen LogP contribution in [0.15, 0.2) is 53.5 Å². The molecular formula is C21H21FN4O5S. The number of nitro groups is 1. The first-order valence-electron chi connectivity index (χ1n) is 9.65. The highest BCUT2D eigenvalue weighted by atomic mass is 32.2. The molecule has 0 unspecified atom stereocenters. The molecule has 0 spiro atoms. The van der Waals surface area contributed by atoms with Crippen molar-refractivity contribution in [1.82, 2.24) is 4.90 Å². The van der Waals surface area contributed by atoms with E-state index in [-0.39, 0.29) is 36.4 Å². The molecule has 1 aliphatic heterocycles. The fraction of sp³-hybridized carbons (Fsp3) is 0.286. The molecule has 1 saturated heterocycles. The molecule has 0 radical (unpaired) electrons. The third-order valence-electron chi connectivity index (χ3n) is 4.58. The van der Waals surface area contributed by atoms with Crippen molar-refractivity contribution in [2.24, 2.45) is 4.99 Å². The maximum atomic E-state index is 13.2. The second-order valence-electron chi connectivity index (χ2n) is 7.05. The number of thioether (sulfide) groups is 1. The summed E-state index contributed by atoms with van der Waals surface area (Å²) in [5, 5.41) is 13.2. The van der Waals surface area contributed by atoms with E-state index >= 15 is 0 Å². The normalized spacial score (nSPS) is 18.1. The second kappa shape index (κ2) is 10.3. The van der Waals surface area contributed by atoms with Crippen molar-refractivity contribution in [1.29, 1.82) is 0 Å². The number of hydrogen-bond acceptors (Lipinski definition) is 7. The number of nitrogens with zero attached hydrogens (tertiary/aromatic N) is 3. The van der Waals surface area contributed by atoms with Crippen molar-refractivity contribution in [2.75, 3.05) is 19.0 Å². The minimum Gasteiger partial charge on any atom is -0.383 e. The molecule has 2 aromatic rings. The van der Waals surface area contributed by atoms with Gasteiger partial charge in [-0.05, 0) is 37.3 Å². The molecule has 2 aromatic carbocycles. The lowest BCUT2D eigenvalue weighted by molar-refractivity contribution is -0.384. The largest absolute Gasteiger partial charge is 0.383 e. The monoisotopic (exact) mass is 460 g/mol. The molecule has 1 aliphatic rings. The zero-order valence-electron chi connectivity index (χ0n) is 17.4. The third kappa shape index (κ3) is 5.68. The van der Waals surface area contributed by atoms with E-state index in [4.69, 9.17) is 4.74 Å². The molecule has 9 nitrogen and oxygen atoms in total. The molecule has 0 aliphatic carbocycles. The smallest absolute Gasteiger partial charge is 0.271 e. The fourth-order valence-electron chi connectivity index (χ4n) is 3.12. The SMILES string of the molecule is COC[C@H](C)N1C(=O)[C@H](CC(=O)Nc2cccc([N+](=O)[O-])c2)SC1=Nc1ccc(F)cc1. The Hall–Kier alpha value is -3.31. The lowest BCUT2D eigenvalue weighted by atomic mass is 10.2. The van der Waals surface area contributed by atoms with Crippen LogP contribution in [0.3, 0.4) is 0 Å².